The topological polar surface area (TPSA) is 91.4 Å². The molecule has 0 bridgehead atoms. The molecular weight excluding hydrogens is 487 g/mol. The van der Waals surface area contributed by atoms with E-state index in [4.69, 9.17) is 0 Å². The minimum absolute atomic E-state index is 0.0177. The number of carbonyl (C=O) groups is 2. The van der Waals surface area contributed by atoms with Crippen LogP contribution in [0.15, 0.2) is 42.5 Å². The minimum atomic E-state index is -4.75. The number of amides is 2. The minimum Gasteiger partial charge on any atom is -0.406 e. The van der Waals surface area contributed by atoms with E-state index in [0.717, 1.165) is 12.8 Å². The van der Waals surface area contributed by atoms with E-state index in [1.165, 1.54) is 24.3 Å². The quantitative estimate of drug-likeness (QED) is 0.529. The lowest BCUT2D eigenvalue weighted by Crippen LogP contribution is -2.33. The maximum absolute atomic E-state index is 13.1. The van der Waals surface area contributed by atoms with Gasteiger partial charge in [0.2, 0.25) is 5.91 Å². The van der Waals surface area contributed by atoms with E-state index in [2.05, 4.69) is 20.1 Å². The number of halogens is 3. The molecule has 2 aliphatic rings. The number of nitrogens with zero attached hydrogens (tertiary/aromatic N) is 4. The molecule has 2 fully saturated rings. The van der Waals surface area contributed by atoms with Crippen molar-refractivity contribution < 1.29 is 27.5 Å². The van der Waals surface area contributed by atoms with Crippen molar-refractivity contribution in [1.82, 2.24) is 25.2 Å². The van der Waals surface area contributed by atoms with E-state index in [0.29, 0.717) is 65.7 Å². The number of ether oxygens (including phenoxy) is 1. The van der Waals surface area contributed by atoms with Crippen molar-refractivity contribution in [2.45, 2.75) is 26.1 Å². The lowest BCUT2D eigenvalue weighted by Gasteiger charge is -2.21. The third-order valence-electron chi connectivity index (χ3n) is 7.16. The summed E-state index contributed by atoms with van der Waals surface area (Å²) in [6, 6.07) is 9.33. The van der Waals surface area contributed by atoms with Gasteiger partial charge in [0.15, 0.2) is 0 Å². The highest BCUT2D eigenvalue weighted by Crippen LogP contribution is 2.33. The molecule has 3 aromatic rings. The monoisotopic (exact) mass is 513 g/mol. The Balaban J connectivity index is 1.16. The predicted molar refractivity (Wildman–Crippen MR) is 129 cm³/mol. The molecule has 2 atom stereocenters. The maximum Gasteiger partial charge on any atom is 0.573 e. The third-order valence-corrected chi connectivity index (χ3v) is 7.16. The first-order valence-corrected chi connectivity index (χ1v) is 12.1. The zero-order chi connectivity index (χ0) is 26.2. The summed E-state index contributed by atoms with van der Waals surface area (Å²) in [6.45, 7) is 4.16. The summed E-state index contributed by atoms with van der Waals surface area (Å²) in [5, 5.41) is 10.6. The Morgan fingerprint density at radius 3 is 2.38 bits per heavy atom. The van der Waals surface area contributed by atoms with E-state index in [1.807, 2.05) is 4.90 Å². The van der Waals surface area contributed by atoms with Crippen LogP contribution in [0.2, 0.25) is 0 Å². The summed E-state index contributed by atoms with van der Waals surface area (Å²) in [4.78, 5) is 29.6. The summed E-state index contributed by atoms with van der Waals surface area (Å²) in [6.07, 6.45) is -0.0602. The summed E-state index contributed by atoms with van der Waals surface area (Å²) in [5.41, 5.74) is 3.18. The summed E-state index contributed by atoms with van der Waals surface area (Å²) in [7, 11) is 0. The SMILES string of the molecule is Cc1cc(OC(F)(F)F)ccc1/C=C/C(=O)N1CCC2CN(C(=O)c3ccc4n[nH]nc4c3)C[C@H]2CC1. The highest BCUT2D eigenvalue weighted by molar-refractivity contribution is 5.97. The molecule has 0 saturated carbocycles. The molecule has 0 radical (unpaired) electrons. The van der Waals surface area contributed by atoms with Crippen LogP contribution in [0.3, 0.4) is 0 Å². The van der Waals surface area contributed by atoms with E-state index in [-0.39, 0.29) is 17.6 Å². The molecular formula is C26H26F3N5O3. The Kier molecular flexibility index (Phi) is 6.61. The van der Waals surface area contributed by atoms with Crippen molar-refractivity contribution in [2.75, 3.05) is 26.2 Å². The number of likely N-dealkylation sites (tertiary alicyclic amines) is 2. The van der Waals surface area contributed by atoms with Crippen LogP contribution in [0.5, 0.6) is 5.75 Å². The number of benzene rings is 2. The molecule has 8 nitrogen and oxygen atoms in total. The number of rotatable bonds is 4. The lowest BCUT2D eigenvalue weighted by atomic mass is 9.92. The van der Waals surface area contributed by atoms with Crippen LogP contribution in [0.1, 0.15) is 34.3 Å². The lowest BCUT2D eigenvalue weighted by molar-refractivity contribution is -0.274. The molecule has 2 saturated heterocycles. The summed E-state index contributed by atoms with van der Waals surface area (Å²) < 4.78 is 41.2. The maximum atomic E-state index is 13.1. The first-order valence-electron chi connectivity index (χ1n) is 12.1. The number of aryl methyl sites for hydroxylation is 1. The first kappa shape index (κ1) is 24.8. The van der Waals surface area contributed by atoms with Gasteiger partial charge in [-0.1, -0.05) is 6.07 Å². The van der Waals surface area contributed by atoms with Crippen molar-refractivity contribution in [1.29, 1.82) is 0 Å². The van der Waals surface area contributed by atoms with E-state index in [1.54, 1.807) is 36.1 Å². The molecule has 11 heteroatoms. The number of H-pyrrole nitrogens is 1. The molecule has 5 rings (SSSR count). The van der Waals surface area contributed by atoms with Crippen LogP contribution in [-0.2, 0) is 4.79 Å². The number of hydrogen-bond acceptors (Lipinski definition) is 5. The van der Waals surface area contributed by atoms with Crippen LogP contribution in [0.25, 0.3) is 17.1 Å². The molecule has 1 unspecified atom stereocenters. The van der Waals surface area contributed by atoms with Gasteiger partial charge in [-0.2, -0.15) is 15.4 Å². The molecule has 194 valence electrons. The zero-order valence-corrected chi connectivity index (χ0v) is 20.2. The Labute approximate surface area is 211 Å². The average Bonchev–Trinajstić information content (AvgIpc) is 3.44. The third kappa shape index (κ3) is 5.60. The fourth-order valence-corrected chi connectivity index (χ4v) is 5.19. The standard InChI is InChI=1S/C26H26F3N5O3/c1-16-12-21(37-26(27,28)29)5-2-17(16)4-7-24(35)33-10-8-19-14-34(15-20(19)9-11-33)25(36)18-3-6-22-23(13-18)31-32-30-22/h2-7,12-13,19-20H,8-11,14-15H2,1H3,(H,30,31,32)/b7-4+/t19-,20?/m1/s1. The van der Waals surface area contributed by atoms with Gasteiger partial charge in [0, 0.05) is 37.8 Å². The summed E-state index contributed by atoms with van der Waals surface area (Å²) >= 11 is 0. The second kappa shape index (κ2) is 9.87. The average molecular weight is 514 g/mol. The molecule has 2 amide bonds. The highest BCUT2D eigenvalue weighted by Gasteiger charge is 2.37. The number of fused-ring (bicyclic) bond motifs is 2. The molecule has 2 aromatic carbocycles. The number of nitrogens with one attached hydrogen (secondary N) is 1. The molecule has 0 spiro atoms. The Morgan fingerprint density at radius 2 is 1.70 bits per heavy atom. The fourth-order valence-electron chi connectivity index (χ4n) is 5.19. The van der Waals surface area contributed by atoms with Crippen LogP contribution in [0, 0.1) is 18.8 Å². The number of carbonyl (C=O) groups excluding carboxylic acids is 2. The van der Waals surface area contributed by atoms with Crippen LogP contribution in [-0.4, -0.2) is 69.6 Å². The first-order chi connectivity index (χ1) is 17.7. The number of hydrogen-bond donors (Lipinski definition) is 1. The highest BCUT2D eigenvalue weighted by atomic mass is 19.4. The molecule has 2 aliphatic heterocycles. The Hall–Kier alpha value is -3.89. The van der Waals surface area contributed by atoms with E-state index in [9.17, 15) is 22.8 Å². The zero-order valence-electron chi connectivity index (χ0n) is 20.2. The summed E-state index contributed by atoms with van der Waals surface area (Å²) in [5.74, 6) is 0.202. The number of aromatic amines is 1. The second-order valence-corrected chi connectivity index (χ2v) is 9.56. The van der Waals surface area contributed by atoms with Gasteiger partial charge in [-0.15, -0.1) is 13.2 Å². The second-order valence-electron chi connectivity index (χ2n) is 9.56. The van der Waals surface area contributed by atoms with Gasteiger partial charge >= 0.3 is 6.36 Å². The number of aromatic nitrogens is 3. The van der Waals surface area contributed by atoms with Gasteiger partial charge in [0.1, 0.15) is 16.8 Å². The van der Waals surface area contributed by atoms with Gasteiger partial charge in [-0.05, 0) is 79.1 Å². The van der Waals surface area contributed by atoms with Gasteiger partial charge in [0.05, 0.1) is 0 Å². The molecule has 37 heavy (non-hydrogen) atoms. The van der Waals surface area contributed by atoms with Gasteiger partial charge in [-0.3, -0.25) is 9.59 Å². The molecule has 3 heterocycles. The van der Waals surface area contributed by atoms with E-state index < -0.39 is 6.36 Å². The van der Waals surface area contributed by atoms with Gasteiger partial charge in [-0.25, -0.2) is 0 Å². The van der Waals surface area contributed by atoms with Crippen molar-refractivity contribution in [2.24, 2.45) is 11.8 Å². The molecule has 1 N–H and O–H groups in total. The fraction of sp³-hybridized carbons (Fsp3) is 0.385. The Morgan fingerprint density at radius 1 is 1.00 bits per heavy atom. The normalized spacial score (nSPS) is 20.3. The van der Waals surface area contributed by atoms with Crippen LogP contribution < -0.4 is 4.74 Å². The van der Waals surface area contributed by atoms with Gasteiger partial charge < -0.3 is 14.5 Å². The largest absolute Gasteiger partial charge is 0.573 e. The Bertz CT molecular complexity index is 1340. The molecule has 0 aliphatic carbocycles. The van der Waals surface area contributed by atoms with Crippen molar-refractivity contribution in [3.8, 4) is 5.75 Å². The van der Waals surface area contributed by atoms with Crippen LogP contribution >= 0.6 is 0 Å². The number of alkyl halides is 3. The van der Waals surface area contributed by atoms with Crippen molar-refractivity contribution in [3.05, 3.63) is 59.2 Å². The van der Waals surface area contributed by atoms with Crippen molar-refractivity contribution >= 4 is 28.9 Å². The van der Waals surface area contributed by atoms with E-state index >= 15 is 0 Å². The smallest absolute Gasteiger partial charge is 0.406 e. The van der Waals surface area contributed by atoms with Crippen molar-refractivity contribution in [3.63, 3.8) is 0 Å². The predicted octanol–water partition coefficient (Wildman–Crippen LogP) is 4.19. The molecule has 1 aromatic heterocycles. The van der Waals surface area contributed by atoms with Crippen LogP contribution in [0.4, 0.5) is 13.2 Å². The van der Waals surface area contributed by atoms with Gasteiger partial charge in [0.25, 0.3) is 5.91 Å².